The van der Waals surface area contributed by atoms with Crippen molar-refractivity contribution in [1.82, 2.24) is 16.2 Å². The lowest BCUT2D eigenvalue weighted by molar-refractivity contribution is -0.130. The summed E-state index contributed by atoms with van der Waals surface area (Å²) in [6, 6.07) is 8.63. The fourth-order valence-corrected chi connectivity index (χ4v) is 3.53. The van der Waals surface area contributed by atoms with E-state index in [0.717, 1.165) is 10.4 Å². The van der Waals surface area contributed by atoms with Crippen LogP contribution < -0.4 is 16.2 Å². The van der Waals surface area contributed by atoms with E-state index in [0.29, 0.717) is 11.3 Å². The Morgan fingerprint density at radius 2 is 1.62 bits per heavy atom. The van der Waals surface area contributed by atoms with E-state index in [1.54, 1.807) is 24.3 Å². The summed E-state index contributed by atoms with van der Waals surface area (Å²) < 4.78 is 13.0. The number of rotatable bonds is 7. The first-order chi connectivity index (χ1) is 13.7. The number of amides is 3. The van der Waals surface area contributed by atoms with Crippen LogP contribution in [0.4, 0.5) is 4.39 Å². The average Bonchev–Trinajstić information content (AvgIpc) is 3.14. The van der Waals surface area contributed by atoms with Gasteiger partial charge in [0.2, 0.25) is 5.91 Å². The summed E-state index contributed by atoms with van der Waals surface area (Å²) in [4.78, 5) is 38.0. The van der Waals surface area contributed by atoms with E-state index in [-0.39, 0.29) is 23.6 Å². The molecule has 0 saturated heterocycles. The normalized spacial score (nSPS) is 12.0. The summed E-state index contributed by atoms with van der Waals surface area (Å²) in [5, 5.41) is 2.71. The molecular formula is C21H26FN3O3S. The zero-order valence-corrected chi connectivity index (χ0v) is 17.7. The van der Waals surface area contributed by atoms with E-state index in [9.17, 15) is 18.8 Å². The second-order valence-corrected chi connectivity index (χ2v) is 8.59. The zero-order valence-electron chi connectivity index (χ0n) is 16.9. The molecule has 29 heavy (non-hydrogen) atoms. The molecule has 1 atom stereocenters. The lowest BCUT2D eigenvalue weighted by Crippen LogP contribution is -2.54. The molecule has 1 heterocycles. The van der Waals surface area contributed by atoms with Gasteiger partial charge in [-0.25, -0.2) is 4.39 Å². The highest BCUT2D eigenvalue weighted by Crippen LogP contribution is 2.28. The van der Waals surface area contributed by atoms with Gasteiger partial charge < -0.3 is 5.32 Å². The summed E-state index contributed by atoms with van der Waals surface area (Å²) in [7, 11) is 0. The molecule has 0 bridgehead atoms. The first-order valence-electron chi connectivity index (χ1n) is 9.42. The molecule has 0 fully saturated rings. The molecule has 1 aromatic carbocycles. The summed E-state index contributed by atoms with van der Waals surface area (Å²) in [5.74, 6) is -1.45. The second-order valence-electron chi connectivity index (χ2n) is 7.50. The van der Waals surface area contributed by atoms with E-state index < -0.39 is 17.9 Å². The van der Waals surface area contributed by atoms with Gasteiger partial charge in [-0.1, -0.05) is 39.8 Å². The molecule has 2 aromatic rings. The lowest BCUT2D eigenvalue weighted by atomic mass is 10.0. The highest BCUT2D eigenvalue weighted by atomic mass is 32.1. The molecule has 0 aliphatic carbocycles. The van der Waals surface area contributed by atoms with E-state index in [1.807, 2.05) is 27.7 Å². The minimum atomic E-state index is -0.750. The van der Waals surface area contributed by atoms with E-state index in [4.69, 9.17) is 0 Å². The Labute approximate surface area is 173 Å². The molecule has 0 radical (unpaired) electrons. The largest absolute Gasteiger partial charge is 0.344 e. The first kappa shape index (κ1) is 22.5. The monoisotopic (exact) mass is 419 g/mol. The third kappa shape index (κ3) is 6.67. The smallest absolute Gasteiger partial charge is 0.279 e. The fourth-order valence-electron chi connectivity index (χ4n) is 2.63. The molecule has 0 saturated carbocycles. The molecule has 3 N–H and O–H groups in total. The van der Waals surface area contributed by atoms with Gasteiger partial charge in [0.05, 0.1) is 4.88 Å². The van der Waals surface area contributed by atoms with Gasteiger partial charge in [-0.05, 0) is 41.7 Å². The SMILES string of the molecule is CC(C)CC(=O)NC(C(=O)NNC(=O)c1ccc(-c2ccc(F)cc2)s1)C(C)C. The van der Waals surface area contributed by atoms with Crippen LogP contribution in [-0.4, -0.2) is 23.8 Å². The van der Waals surface area contributed by atoms with Crippen molar-refractivity contribution >= 4 is 29.1 Å². The Kier molecular flexibility index (Phi) is 7.90. The Balaban J connectivity index is 1.95. The van der Waals surface area contributed by atoms with Crippen molar-refractivity contribution in [3.63, 3.8) is 0 Å². The highest BCUT2D eigenvalue weighted by molar-refractivity contribution is 7.17. The van der Waals surface area contributed by atoms with Crippen LogP contribution in [0.15, 0.2) is 36.4 Å². The molecule has 1 aromatic heterocycles. The second kappa shape index (κ2) is 10.2. The number of benzene rings is 1. The Hall–Kier alpha value is -2.74. The maximum Gasteiger partial charge on any atom is 0.279 e. The quantitative estimate of drug-likeness (QED) is 0.600. The number of halogens is 1. The van der Waals surface area contributed by atoms with Crippen LogP contribution in [0.1, 0.15) is 43.8 Å². The van der Waals surface area contributed by atoms with Crippen LogP contribution in [0.2, 0.25) is 0 Å². The number of carbonyl (C=O) groups is 3. The number of hydrazine groups is 1. The van der Waals surface area contributed by atoms with Gasteiger partial charge in [0.15, 0.2) is 0 Å². The Morgan fingerprint density at radius 1 is 0.966 bits per heavy atom. The molecule has 6 nitrogen and oxygen atoms in total. The van der Waals surface area contributed by atoms with Gasteiger partial charge >= 0.3 is 0 Å². The number of nitrogens with one attached hydrogen (secondary N) is 3. The third-order valence-electron chi connectivity index (χ3n) is 4.12. The molecule has 0 aliphatic heterocycles. The van der Waals surface area contributed by atoms with Crippen LogP contribution in [0, 0.1) is 17.7 Å². The summed E-state index contributed by atoms with van der Waals surface area (Å²) >= 11 is 1.23. The van der Waals surface area contributed by atoms with Crippen molar-refractivity contribution in [2.75, 3.05) is 0 Å². The van der Waals surface area contributed by atoms with Crippen molar-refractivity contribution in [3.05, 3.63) is 47.1 Å². The fraction of sp³-hybridized carbons (Fsp3) is 0.381. The summed E-state index contributed by atoms with van der Waals surface area (Å²) in [6.45, 7) is 7.48. The van der Waals surface area contributed by atoms with Crippen LogP contribution >= 0.6 is 11.3 Å². The molecule has 156 valence electrons. The van der Waals surface area contributed by atoms with Crippen molar-refractivity contribution in [2.24, 2.45) is 11.8 Å². The number of carbonyl (C=O) groups excluding carboxylic acids is 3. The maximum absolute atomic E-state index is 13.0. The minimum absolute atomic E-state index is 0.144. The number of thiophene rings is 1. The van der Waals surface area contributed by atoms with Crippen LogP contribution in [0.25, 0.3) is 10.4 Å². The molecule has 2 rings (SSSR count). The minimum Gasteiger partial charge on any atom is -0.344 e. The number of hydrogen-bond acceptors (Lipinski definition) is 4. The van der Waals surface area contributed by atoms with Crippen molar-refractivity contribution < 1.29 is 18.8 Å². The van der Waals surface area contributed by atoms with Crippen LogP contribution in [-0.2, 0) is 9.59 Å². The predicted octanol–water partition coefficient (Wildman–Crippen LogP) is 3.50. The number of hydrogen-bond donors (Lipinski definition) is 3. The third-order valence-corrected chi connectivity index (χ3v) is 5.25. The molecule has 0 aliphatic rings. The van der Waals surface area contributed by atoms with E-state index >= 15 is 0 Å². The first-order valence-corrected chi connectivity index (χ1v) is 10.2. The molecule has 1 unspecified atom stereocenters. The molecule has 8 heteroatoms. The maximum atomic E-state index is 13.0. The van der Waals surface area contributed by atoms with Gasteiger partial charge in [0, 0.05) is 11.3 Å². The average molecular weight is 420 g/mol. The Bertz CT molecular complexity index is 862. The lowest BCUT2D eigenvalue weighted by Gasteiger charge is -2.22. The summed E-state index contributed by atoms with van der Waals surface area (Å²) in [5.41, 5.74) is 5.56. The van der Waals surface area contributed by atoms with Crippen molar-refractivity contribution in [2.45, 2.75) is 40.2 Å². The van der Waals surface area contributed by atoms with Gasteiger partial charge in [0.25, 0.3) is 11.8 Å². The zero-order chi connectivity index (χ0) is 21.6. The highest BCUT2D eigenvalue weighted by Gasteiger charge is 2.25. The van der Waals surface area contributed by atoms with Crippen molar-refractivity contribution in [3.8, 4) is 10.4 Å². The van der Waals surface area contributed by atoms with Gasteiger partial charge in [-0.3, -0.25) is 25.2 Å². The van der Waals surface area contributed by atoms with E-state index in [2.05, 4.69) is 16.2 Å². The summed E-state index contributed by atoms with van der Waals surface area (Å²) in [6.07, 6.45) is 0.324. The molecule has 3 amide bonds. The van der Waals surface area contributed by atoms with Gasteiger partial charge in [0.1, 0.15) is 11.9 Å². The van der Waals surface area contributed by atoms with Crippen LogP contribution in [0.5, 0.6) is 0 Å². The van der Waals surface area contributed by atoms with Gasteiger partial charge in [-0.2, -0.15) is 0 Å². The van der Waals surface area contributed by atoms with E-state index in [1.165, 1.54) is 23.5 Å². The van der Waals surface area contributed by atoms with Crippen molar-refractivity contribution in [1.29, 1.82) is 0 Å². The van der Waals surface area contributed by atoms with Crippen LogP contribution in [0.3, 0.4) is 0 Å². The topological polar surface area (TPSA) is 87.3 Å². The molecular weight excluding hydrogens is 393 g/mol. The standard InChI is InChI=1S/C21H26FN3O3S/c1-12(2)11-18(26)23-19(13(3)4)21(28)25-24-20(27)17-10-9-16(29-17)14-5-7-15(22)8-6-14/h5-10,12-13,19H,11H2,1-4H3,(H,23,26)(H,24,27)(H,25,28). The Morgan fingerprint density at radius 3 is 2.21 bits per heavy atom. The van der Waals surface area contributed by atoms with Gasteiger partial charge in [-0.15, -0.1) is 11.3 Å². The predicted molar refractivity (Wildman–Crippen MR) is 112 cm³/mol. The molecule has 0 spiro atoms.